The molecule has 3 heterocycles. The van der Waals surface area contributed by atoms with Crippen LogP contribution in [0.2, 0.25) is 0 Å². The molecule has 156 valence electrons. The fourth-order valence-corrected chi connectivity index (χ4v) is 6.20. The molecule has 1 fully saturated rings. The zero-order valence-corrected chi connectivity index (χ0v) is 18.7. The SMILES string of the molecule is Cl.O=C(Cc1ccc2c(c1)CCCC2)N1CCc2sccc2C1CN1CCCC1. The average Bonchev–Trinajstić information content (AvgIpc) is 3.40. The van der Waals surface area contributed by atoms with Crippen LogP contribution in [0.25, 0.3) is 0 Å². The first-order valence-corrected chi connectivity index (χ1v) is 11.8. The fourth-order valence-electron chi connectivity index (χ4n) is 5.27. The predicted octanol–water partition coefficient (Wildman–Crippen LogP) is 4.81. The lowest BCUT2D eigenvalue weighted by atomic mass is 9.89. The summed E-state index contributed by atoms with van der Waals surface area (Å²) in [5.74, 6) is 0.303. The van der Waals surface area contributed by atoms with Crippen LogP contribution in [0.1, 0.15) is 58.9 Å². The molecule has 3 nitrogen and oxygen atoms in total. The van der Waals surface area contributed by atoms with Crippen LogP contribution in [0, 0.1) is 0 Å². The van der Waals surface area contributed by atoms with E-state index in [1.54, 1.807) is 0 Å². The molecule has 1 aromatic carbocycles. The Morgan fingerprint density at radius 1 is 0.966 bits per heavy atom. The van der Waals surface area contributed by atoms with Crippen molar-refractivity contribution in [3.05, 3.63) is 56.8 Å². The molecule has 1 aliphatic carbocycles. The van der Waals surface area contributed by atoms with Gasteiger partial charge in [0.25, 0.3) is 0 Å². The van der Waals surface area contributed by atoms with Crippen LogP contribution in [0.3, 0.4) is 0 Å². The van der Waals surface area contributed by atoms with Gasteiger partial charge in [-0.15, -0.1) is 23.7 Å². The van der Waals surface area contributed by atoms with Gasteiger partial charge in [-0.1, -0.05) is 18.2 Å². The lowest BCUT2D eigenvalue weighted by molar-refractivity contribution is -0.133. The number of halogens is 1. The van der Waals surface area contributed by atoms with Gasteiger partial charge in [0.1, 0.15) is 0 Å². The predicted molar refractivity (Wildman–Crippen MR) is 122 cm³/mol. The Balaban J connectivity index is 0.00000205. The maximum absolute atomic E-state index is 13.4. The third-order valence-corrected chi connectivity index (χ3v) is 7.81. The Kier molecular flexibility index (Phi) is 6.63. The summed E-state index contributed by atoms with van der Waals surface area (Å²) in [7, 11) is 0. The van der Waals surface area contributed by atoms with E-state index in [9.17, 15) is 4.79 Å². The summed E-state index contributed by atoms with van der Waals surface area (Å²) in [5, 5.41) is 2.21. The number of rotatable bonds is 4. The molecule has 1 saturated heterocycles. The monoisotopic (exact) mass is 430 g/mol. The van der Waals surface area contributed by atoms with Crippen LogP contribution in [-0.4, -0.2) is 41.9 Å². The number of fused-ring (bicyclic) bond motifs is 2. The van der Waals surface area contributed by atoms with Crippen molar-refractivity contribution in [2.24, 2.45) is 0 Å². The van der Waals surface area contributed by atoms with Crippen LogP contribution in [0.4, 0.5) is 0 Å². The number of hydrogen-bond donors (Lipinski definition) is 0. The Morgan fingerprint density at radius 2 is 1.76 bits per heavy atom. The highest BCUT2D eigenvalue weighted by Crippen LogP contribution is 2.35. The molecule has 3 aliphatic rings. The van der Waals surface area contributed by atoms with E-state index in [-0.39, 0.29) is 18.4 Å². The third kappa shape index (κ3) is 4.40. The van der Waals surface area contributed by atoms with Crippen LogP contribution in [-0.2, 0) is 30.5 Å². The van der Waals surface area contributed by atoms with Crippen molar-refractivity contribution in [3.8, 4) is 0 Å². The zero-order valence-electron chi connectivity index (χ0n) is 17.1. The summed E-state index contributed by atoms with van der Waals surface area (Å²) in [6.07, 6.45) is 9.13. The first-order valence-electron chi connectivity index (χ1n) is 11.0. The van der Waals surface area contributed by atoms with Crippen molar-refractivity contribution in [2.45, 2.75) is 57.4 Å². The maximum atomic E-state index is 13.4. The van der Waals surface area contributed by atoms with Crippen molar-refractivity contribution in [3.63, 3.8) is 0 Å². The van der Waals surface area contributed by atoms with Crippen LogP contribution < -0.4 is 0 Å². The van der Waals surface area contributed by atoms with Gasteiger partial charge in [0, 0.05) is 18.0 Å². The summed E-state index contributed by atoms with van der Waals surface area (Å²) in [4.78, 5) is 19.6. The molecule has 1 unspecified atom stereocenters. The Labute approximate surface area is 184 Å². The van der Waals surface area contributed by atoms with Gasteiger partial charge in [0.05, 0.1) is 12.5 Å². The van der Waals surface area contributed by atoms with E-state index < -0.39 is 0 Å². The number of carbonyl (C=O) groups is 1. The molecule has 1 atom stereocenters. The lowest BCUT2D eigenvalue weighted by Crippen LogP contribution is -2.45. The number of benzene rings is 1. The van der Waals surface area contributed by atoms with E-state index in [1.165, 1.54) is 78.7 Å². The van der Waals surface area contributed by atoms with E-state index in [1.807, 2.05) is 11.3 Å². The molecular formula is C24H31ClN2OS. The lowest BCUT2D eigenvalue weighted by Gasteiger charge is -2.38. The van der Waals surface area contributed by atoms with Gasteiger partial charge in [0.15, 0.2) is 0 Å². The first-order chi connectivity index (χ1) is 13.8. The molecule has 5 heteroatoms. The summed E-state index contributed by atoms with van der Waals surface area (Å²) >= 11 is 1.86. The summed E-state index contributed by atoms with van der Waals surface area (Å²) < 4.78 is 0. The average molecular weight is 431 g/mol. The first kappa shape index (κ1) is 20.9. The molecule has 0 N–H and O–H groups in total. The van der Waals surface area contributed by atoms with Gasteiger partial charge >= 0.3 is 0 Å². The third-order valence-electron chi connectivity index (χ3n) is 6.81. The summed E-state index contributed by atoms with van der Waals surface area (Å²) in [6, 6.07) is 9.27. The van der Waals surface area contributed by atoms with Crippen LogP contribution >= 0.6 is 23.7 Å². The second kappa shape index (κ2) is 9.20. The Morgan fingerprint density at radius 3 is 2.59 bits per heavy atom. The van der Waals surface area contributed by atoms with Crippen molar-refractivity contribution in [1.82, 2.24) is 9.80 Å². The minimum absolute atomic E-state index is 0. The smallest absolute Gasteiger partial charge is 0.227 e. The molecule has 1 aromatic heterocycles. The highest BCUT2D eigenvalue weighted by molar-refractivity contribution is 7.10. The minimum Gasteiger partial charge on any atom is -0.334 e. The van der Waals surface area contributed by atoms with Crippen molar-refractivity contribution >= 4 is 29.7 Å². The van der Waals surface area contributed by atoms with Gasteiger partial charge < -0.3 is 9.80 Å². The zero-order chi connectivity index (χ0) is 18.9. The van der Waals surface area contributed by atoms with Gasteiger partial charge in [-0.05, 0) is 91.7 Å². The van der Waals surface area contributed by atoms with Gasteiger partial charge in [-0.2, -0.15) is 0 Å². The van der Waals surface area contributed by atoms with Gasteiger partial charge in [0.2, 0.25) is 5.91 Å². The topological polar surface area (TPSA) is 23.6 Å². The number of carbonyl (C=O) groups excluding carboxylic acids is 1. The van der Waals surface area contributed by atoms with Crippen molar-refractivity contribution in [1.29, 1.82) is 0 Å². The quantitative estimate of drug-likeness (QED) is 0.694. The van der Waals surface area contributed by atoms with Crippen LogP contribution in [0.5, 0.6) is 0 Å². The summed E-state index contributed by atoms with van der Waals surface area (Å²) in [5.41, 5.74) is 5.57. The highest BCUT2D eigenvalue weighted by atomic mass is 35.5. The molecule has 0 saturated carbocycles. The molecule has 5 rings (SSSR count). The number of likely N-dealkylation sites (tertiary alicyclic amines) is 1. The van der Waals surface area contributed by atoms with Crippen molar-refractivity contribution < 1.29 is 4.79 Å². The van der Waals surface area contributed by atoms with Gasteiger partial charge in [-0.25, -0.2) is 0 Å². The molecule has 0 bridgehead atoms. The number of thiophene rings is 1. The fraction of sp³-hybridized carbons (Fsp3) is 0.542. The number of nitrogens with zero attached hydrogens (tertiary/aromatic N) is 2. The number of amides is 1. The minimum atomic E-state index is 0. The molecular weight excluding hydrogens is 400 g/mol. The largest absolute Gasteiger partial charge is 0.334 e. The van der Waals surface area contributed by atoms with Crippen molar-refractivity contribution in [2.75, 3.05) is 26.2 Å². The molecule has 1 amide bonds. The van der Waals surface area contributed by atoms with E-state index >= 15 is 0 Å². The van der Waals surface area contributed by atoms with E-state index in [4.69, 9.17) is 0 Å². The Bertz CT molecular complexity index is 858. The standard InChI is InChI=1S/C24H30N2OS.ClH/c27-24(16-18-7-8-19-5-1-2-6-20(19)15-18)26-13-9-23-21(10-14-28-23)22(26)17-25-11-3-4-12-25;/h7-8,10,14-15,22H,1-6,9,11-13,16-17H2;1H. The maximum Gasteiger partial charge on any atom is 0.227 e. The molecule has 0 spiro atoms. The second-order valence-corrected chi connectivity index (χ2v) is 9.65. The Hall–Kier alpha value is -1.36. The highest BCUT2D eigenvalue weighted by Gasteiger charge is 2.33. The second-order valence-electron chi connectivity index (χ2n) is 8.65. The summed E-state index contributed by atoms with van der Waals surface area (Å²) in [6.45, 7) is 4.24. The molecule has 0 radical (unpaired) electrons. The molecule has 29 heavy (non-hydrogen) atoms. The normalized spacial score (nSPS) is 21.4. The molecule has 2 aliphatic heterocycles. The van der Waals surface area contributed by atoms with Gasteiger partial charge in [-0.3, -0.25) is 4.79 Å². The van der Waals surface area contributed by atoms with E-state index in [0.717, 1.165) is 19.5 Å². The number of aryl methyl sites for hydroxylation is 2. The van der Waals surface area contributed by atoms with Crippen LogP contribution in [0.15, 0.2) is 29.6 Å². The van der Waals surface area contributed by atoms with E-state index in [2.05, 4.69) is 39.4 Å². The van der Waals surface area contributed by atoms with E-state index in [0.29, 0.717) is 12.3 Å². The molecule has 2 aromatic rings. The number of hydrogen-bond acceptors (Lipinski definition) is 3.